The van der Waals surface area contributed by atoms with Crippen molar-refractivity contribution in [2.75, 3.05) is 6.54 Å². The molecule has 1 atom stereocenters. The highest BCUT2D eigenvalue weighted by atomic mass is 35.5. The zero-order valence-electron chi connectivity index (χ0n) is 17.1. The van der Waals surface area contributed by atoms with Gasteiger partial charge in [-0.3, -0.25) is 0 Å². The number of aromatic nitrogens is 3. The SMILES string of the molecule is Cc1nnc(CN=C(NCCc2cccc(Cl)c2)NC(C)c2ccccc2)n1C. The molecule has 0 aliphatic carbocycles. The first-order valence-corrected chi connectivity index (χ1v) is 10.1. The lowest BCUT2D eigenvalue weighted by atomic mass is 10.1. The van der Waals surface area contributed by atoms with E-state index < -0.39 is 0 Å². The van der Waals surface area contributed by atoms with Crippen LogP contribution in [0.25, 0.3) is 0 Å². The number of aliphatic imine (C=N–C) groups is 1. The monoisotopic (exact) mass is 410 g/mol. The summed E-state index contributed by atoms with van der Waals surface area (Å²) >= 11 is 6.09. The molecule has 0 spiro atoms. The predicted molar refractivity (Wildman–Crippen MR) is 118 cm³/mol. The minimum absolute atomic E-state index is 0.120. The number of benzene rings is 2. The summed E-state index contributed by atoms with van der Waals surface area (Å²) in [6, 6.07) is 18.4. The van der Waals surface area contributed by atoms with Crippen LogP contribution in [0.3, 0.4) is 0 Å². The van der Waals surface area contributed by atoms with Gasteiger partial charge in [0.2, 0.25) is 0 Å². The average molecular weight is 411 g/mol. The summed E-state index contributed by atoms with van der Waals surface area (Å²) in [6.45, 7) is 5.24. The summed E-state index contributed by atoms with van der Waals surface area (Å²) in [5.41, 5.74) is 2.38. The second-order valence-corrected chi connectivity index (χ2v) is 7.41. The van der Waals surface area contributed by atoms with Gasteiger partial charge in [0, 0.05) is 18.6 Å². The molecule has 0 aliphatic heterocycles. The van der Waals surface area contributed by atoms with Crippen molar-refractivity contribution < 1.29 is 0 Å². The van der Waals surface area contributed by atoms with Crippen molar-refractivity contribution in [1.82, 2.24) is 25.4 Å². The summed E-state index contributed by atoms with van der Waals surface area (Å²) in [6.07, 6.45) is 0.851. The van der Waals surface area contributed by atoms with Crippen molar-refractivity contribution >= 4 is 17.6 Å². The van der Waals surface area contributed by atoms with Gasteiger partial charge in [0.05, 0.1) is 6.04 Å². The Morgan fingerprint density at radius 3 is 2.62 bits per heavy atom. The molecule has 0 amide bonds. The minimum atomic E-state index is 0.120. The second kappa shape index (κ2) is 10.1. The van der Waals surface area contributed by atoms with Crippen molar-refractivity contribution in [3.63, 3.8) is 0 Å². The predicted octanol–water partition coefficient (Wildman–Crippen LogP) is 3.82. The van der Waals surface area contributed by atoms with Crippen molar-refractivity contribution in [2.45, 2.75) is 32.9 Å². The highest BCUT2D eigenvalue weighted by molar-refractivity contribution is 6.30. The Balaban J connectivity index is 1.68. The largest absolute Gasteiger partial charge is 0.356 e. The first-order chi connectivity index (χ1) is 14.0. The molecule has 1 unspecified atom stereocenters. The Bertz CT molecular complexity index is 951. The lowest BCUT2D eigenvalue weighted by molar-refractivity contribution is 0.675. The number of rotatable bonds is 7. The maximum Gasteiger partial charge on any atom is 0.192 e. The quantitative estimate of drug-likeness (QED) is 0.459. The highest BCUT2D eigenvalue weighted by Crippen LogP contribution is 2.12. The van der Waals surface area contributed by atoms with Crippen LogP contribution < -0.4 is 10.6 Å². The average Bonchev–Trinajstić information content (AvgIpc) is 3.04. The van der Waals surface area contributed by atoms with Crippen LogP contribution in [0.2, 0.25) is 5.02 Å². The molecule has 152 valence electrons. The van der Waals surface area contributed by atoms with E-state index in [1.165, 1.54) is 11.1 Å². The van der Waals surface area contributed by atoms with Gasteiger partial charge in [-0.05, 0) is 43.5 Å². The van der Waals surface area contributed by atoms with Crippen LogP contribution in [0.1, 0.15) is 35.7 Å². The molecule has 3 rings (SSSR count). The lowest BCUT2D eigenvalue weighted by Crippen LogP contribution is -2.39. The van der Waals surface area contributed by atoms with Gasteiger partial charge in [0.25, 0.3) is 0 Å². The molecule has 0 fully saturated rings. The van der Waals surface area contributed by atoms with E-state index in [-0.39, 0.29) is 6.04 Å². The van der Waals surface area contributed by atoms with Crippen molar-refractivity contribution in [1.29, 1.82) is 0 Å². The fourth-order valence-corrected chi connectivity index (χ4v) is 3.15. The van der Waals surface area contributed by atoms with Gasteiger partial charge in [0.15, 0.2) is 11.8 Å². The molecule has 2 aromatic carbocycles. The molecule has 0 saturated carbocycles. The standard InChI is InChI=1S/C22H27ClN6/c1-16(19-9-5-4-6-10-19)26-22(25-15-21-28-27-17(2)29(21)3)24-13-12-18-8-7-11-20(23)14-18/h4-11,14,16H,12-13,15H2,1-3H3,(H2,24,25,26). The topological polar surface area (TPSA) is 67.1 Å². The molecule has 0 saturated heterocycles. The molecule has 29 heavy (non-hydrogen) atoms. The molecule has 0 aliphatic rings. The fraction of sp³-hybridized carbons (Fsp3) is 0.318. The molecular weight excluding hydrogens is 384 g/mol. The number of nitrogens with zero attached hydrogens (tertiary/aromatic N) is 4. The van der Waals surface area contributed by atoms with E-state index in [2.05, 4.69) is 46.0 Å². The molecule has 7 heteroatoms. The van der Waals surface area contributed by atoms with Gasteiger partial charge >= 0.3 is 0 Å². The third-order valence-electron chi connectivity index (χ3n) is 4.81. The number of aryl methyl sites for hydroxylation is 1. The first-order valence-electron chi connectivity index (χ1n) is 9.72. The molecular formula is C22H27ClN6. The van der Waals surface area contributed by atoms with Gasteiger partial charge in [0.1, 0.15) is 12.4 Å². The van der Waals surface area contributed by atoms with Crippen molar-refractivity contribution in [2.24, 2.45) is 12.0 Å². The van der Waals surface area contributed by atoms with Crippen molar-refractivity contribution in [3.05, 3.63) is 82.4 Å². The minimum Gasteiger partial charge on any atom is -0.356 e. The summed E-state index contributed by atoms with van der Waals surface area (Å²) < 4.78 is 1.95. The lowest BCUT2D eigenvalue weighted by Gasteiger charge is -2.19. The van der Waals surface area contributed by atoms with E-state index in [0.29, 0.717) is 6.54 Å². The normalized spacial score (nSPS) is 12.6. The Kier molecular flexibility index (Phi) is 7.25. The third-order valence-corrected chi connectivity index (χ3v) is 5.04. The smallest absolute Gasteiger partial charge is 0.192 e. The van der Waals surface area contributed by atoms with Gasteiger partial charge in [-0.25, -0.2) is 4.99 Å². The second-order valence-electron chi connectivity index (χ2n) is 6.97. The van der Waals surface area contributed by atoms with E-state index >= 15 is 0 Å². The van der Waals surface area contributed by atoms with Crippen LogP contribution in [0.5, 0.6) is 0 Å². The van der Waals surface area contributed by atoms with E-state index in [1.807, 2.05) is 54.9 Å². The van der Waals surface area contributed by atoms with Gasteiger partial charge in [-0.1, -0.05) is 54.1 Å². The Morgan fingerprint density at radius 1 is 1.14 bits per heavy atom. The summed E-state index contributed by atoms with van der Waals surface area (Å²) in [5.74, 6) is 2.44. The number of hydrogen-bond acceptors (Lipinski definition) is 3. The van der Waals surface area contributed by atoms with Gasteiger partial charge < -0.3 is 15.2 Å². The Hall–Kier alpha value is -2.86. The van der Waals surface area contributed by atoms with E-state index in [1.54, 1.807) is 0 Å². The molecule has 0 bridgehead atoms. The van der Waals surface area contributed by atoms with E-state index in [0.717, 1.165) is 35.6 Å². The Morgan fingerprint density at radius 2 is 1.93 bits per heavy atom. The van der Waals surface area contributed by atoms with Gasteiger partial charge in [-0.15, -0.1) is 10.2 Å². The molecule has 1 aromatic heterocycles. The van der Waals surface area contributed by atoms with Crippen LogP contribution >= 0.6 is 11.6 Å². The number of guanidine groups is 1. The van der Waals surface area contributed by atoms with Gasteiger partial charge in [-0.2, -0.15) is 0 Å². The van der Waals surface area contributed by atoms with Crippen LogP contribution in [0.4, 0.5) is 0 Å². The van der Waals surface area contributed by atoms with Crippen molar-refractivity contribution in [3.8, 4) is 0 Å². The van der Waals surface area contributed by atoms with Crippen LogP contribution in [-0.2, 0) is 20.0 Å². The fourth-order valence-electron chi connectivity index (χ4n) is 2.94. The zero-order chi connectivity index (χ0) is 20.6. The van der Waals surface area contributed by atoms with Crippen LogP contribution in [0, 0.1) is 6.92 Å². The maximum absolute atomic E-state index is 6.09. The summed E-state index contributed by atoms with van der Waals surface area (Å²) in [7, 11) is 1.95. The number of halogens is 1. The van der Waals surface area contributed by atoms with E-state index in [4.69, 9.17) is 16.6 Å². The highest BCUT2D eigenvalue weighted by Gasteiger charge is 2.09. The summed E-state index contributed by atoms with van der Waals surface area (Å²) in [5, 5.41) is 16.0. The number of nitrogens with one attached hydrogen (secondary N) is 2. The molecule has 1 heterocycles. The van der Waals surface area contributed by atoms with Crippen LogP contribution in [-0.4, -0.2) is 27.3 Å². The first kappa shape index (κ1) is 20.9. The Labute approximate surface area is 177 Å². The molecule has 0 radical (unpaired) electrons. The zero-order valence-corrected chi connectivity index (χ0v) is 17.8. The van der Waals surface area contributed by atoms with E-state index in [9.17, 15) is 0 Å². The summed E-state index contributed by atoms with van der Waals surface area (Å²) in [4.78, 5) is 4.73. The third kappa shape index (κ3) is 6.06. The van der Waals surface area contributed by atoms with Crippen LogP contribution in [0.15, 0.2) is 59.6 Å². The molecule has 3 aromatic rings. The number of hydrogen-bond donors (Lipinski definition) is 2. The molecule has 6 nitrogen and oxygen atoms in total. The molecule has 2 N–H and O–H groups in total. The maximum atomic E-state index is 6.09.